The zero-order chi connectivity index (χ0) is 33.9. The SMILES string of the molecule is CC(=O)[O-].CC(=O)[O-].CCc1cc(CC(C)C)cc(C=NC2CC3CCC2(N=Cc2cc(CC(C)C)cc(CC)c2O)C3)c1O.[Co+2]. The Kier molecular flexibility index (Phi) is 16.7. The molecular formula is C37H52CoN2O6. The van der Waals surface area contributed by atoms with Crippen LogP contribution >= 0.6 is 0 Å². The Hall–Kier alpha value is -3.17. The Labute approximate surface area is 285 Å². The Balaban J connectivity index is 0.00000106. The van der Waals surface area contributed by atoms with Crippen molar-refractivity contribution in [1.29, 1.82) is 0 Å². The van der Waals surface area contributed by atoms with Crippen LogP contribution in [-0.2, 0) is 52.1 Å². The van der Waals surface area contributed by atoms with Crippen molar-refractivity contribution in [2.24, 2.45) is 27.7 Å². The number of carbonyl (C=O) groups excluding carboxylic acids is 2. The van der Waals surface area contributed by atoms with E-state index in [2.05, 4.69) is 65.8 Å². The summed E-state index contributed by atoms with van der Waals surface area (Å²) in [6.07, 6.45) is 11.7. The number of carbonyl (C=O) groups is 2. The largest absolute Gasteiger partial charge is 2.00 e. The first-order chi connectivity index (χ1) is 21.1. The van der Waals surface area contributed by atoms with Crippen LogP contribution in [0.1, 0.15) is 114 Å². The minimum Gasteiger partial charge on any atom is -0.550 e. The average Bonchev–Trinajstić information content (AvgIpc) is 3.50. The minimum atomic E-state index is -1.08. The number of aliphatic carboxylic acids is 2. The van der Waals surface area contributed by atoms with Gasteiger partial charge < -0.3 is 30.0 Å². The predicted molar refractivity (Wildman–Crippen MR) is 177 cm³/mol. The third-order valence-electron chi connectivity index (χ3n) is 8.26. The molecule has 2 fully saturated rings. The van der Waals surface area contributed by atoms with Crippen molar-refractivity contribution >= 4 is 24.4 Å². The summed E-state index contributed by atoms with van der Waals surface area (Å²) >= 11 is 0. The molecule has 0 amide bonds. The molecule has 0 aliphatic heterocycles. The quantitative estimate of drug-likeness (QED) is 0.339. The Morgan fingerprint density at radius 3 is 1.70 bits per heavy atom. The number of fused-ring (bicyclic) bond motifs is 2. The molecular weight excluding hydrogens is 627 g/mol. The van der Waals surface area contributed by atoms with Crippen molar-refractivity contribution in [2.45, 2.75) is 118 Å². The molecule has 2 aromatic carbocycles. The summed E-state index contributed by atoms with van der Waals surface area (Å²) in [5.41, 5.74) is 5.94. The van der Waals surface area contributed by atoms with Gasteiger partial charge in [0.2, 0.25) is 0 Å². The number of aliphatic imine (C=N–C) groups is 2. The van der Waals surface area contributed by atoms with Crippen molar-refractivity contribution in [2.75, 3.05) is 0 Å². The molecule has 3 atom stereocenters. The topological polar surface area (TPSA) is 145 Å². The first kappa shape index (κ1) is 40.8. The number of aryl methyl sites for hydroxylation is 2. The normalized spacial score (nSPS) is 20.0. The summed E-state index contributed by atoms with van der Waals surface area (Å²) in [5.74, 6) is 0.329. The average molecular weight is 680 g/mol. The van der Waals surface area contributed by atoms with Gasteiger partial charge in [-0.2, -0.15) is 0 Å². The summed E-state index contributed by atoms with van der Waals surface area (Å²) in [5, 5.41) is 39.6. The molecule has 2 saturated carbocycles. The van der Waals surface area contributed by atoms with E-state index < -0.39 is 11.9 Å². The molecule has 255 valence electrons. The van der Waals surface area contributed by atoms with Crippen LogP contribution in [0, 0.1) is 17.8 Å². The third-order valence-corrected chi connectivity index (χ3v) is 8.26. The molecule has 2 aromatic rings. The van der Waals surface area contributed by atoms with Gasteiger partial charge in [-0.1, -0.05) is 53.7 Å². The van der Waals surface area contributed by atoms with Crippen molar-refractivity contribution in [3.8, 4) is 11.5 Å². The molecule has 0 heterocycles. The second-order valence-electron chi connectivity index (χ2n) is 13.3. The summed E-state index contributed by atoms with van der Waals surface area (Å²) in [4.78, 5) is 28.0. The van der Waals surface area contributed by atoms with E-state index in [9.17, 15) is 10.2 Å². The van der Waals surface area contributed by atoms with Gasteiger partial charge in [0.15, 0.2) is 0 Å². The zero-order valence-electron chi connectivity index (χ0n) is 28.7. The van der Waals surface area contributed by atoms with E-state index in [1.165, 1.54) is 17.5 Å². The Bertz CT molecular complexity index is 1350. The maximum Gasteiger partial charge on any atom is 2.00 e. The number of phenolic OH excluding ortho intramolecular Hbond substituents is 2. The molecule has 2 N–H and O–H groups in total. The molecule has 0 saturated heterocycles. The van der Waals surface area contributed by atoms with E-state index in [1.807, 2.05) is 12.4 Å². The van der Waals surface area contributed by atoms with Crippen LogP contribution in [0.5, 0.6) is 11.5 Å². The second kappa shape index (κ2) is 18.8. The number of rotatable bonds is 10. The van der Waals surface area contributed by atoms with Gasteiger partial charge in [-0.25, -0.2) is 0 Å². The molecule has 4 rings (SSSR count). The molecule has 0 spiro atoms. The number of hydrogen-bond donors (Lipinski definition) is 2. The maximum atomic E-state index is 10.9. The number of nitrogens with zero attached hydrogens (tertiary/aromatic N) is 2. The number of carboxylic acid groups (broad SMARTS) is 2. The van der Waals surface area contributed by atoms with Gasteiger partial charge >= 0.3 is 16.8 Å². The van der Waals surface area contributed by atoms with Crippen molar-refractivity contribution < 1.29 is 46.8 Å². The summed E-state index contributed by atoms with van der Waals surface area (Å²) < 4.78 is 0. The molecule has 0 aromatic heterocycles. The number of carboxylic acids is 2. The van der Waals surface area contributed by atoms with Crippen LogP contribution in [0.25, 0.3) is 0 Å². The molecule has 46 heavy (non-hydrogen) atoms. The van der Waals surface area contributed by atoms with E-state index >= 15 is 0 Å². The molecule has 3 unspecified atom stereocenters. The van der Waals surface area contributed by atoms with Gasteiger partial charge in [0.25, 0.3) is 0 Å². The van der Waals surface area contributed by atoms with Crippen LogP contribution in [0.4, 0.5) is 0 Å². The van der Waals surface area contributed by atoms with Crippen LogP contribution in [0.2, 0.25) is 0 Å². The standard InChI is InChI=1S/C33H46N2O2.2C2H4O2.Co/c1-7-26-13-24(11-21(3)4)15-28(31(26)36)19-34-30-17-23-9-10-33(30,18-23)35-20-29-16-25(12-22(5)6)14-27(8-2)32(29)37;2*1-2(3)4;/h13-16,19-23,30,36-37H,7-12,17-18H2,1-6H3;2*1H3,(H,3,4);/q;;;+2/p-2. The second-order valence-corrected chi connectivity index (χ2v) is 13.3. The number of hydrogen-bond acceptors (Lipinski definition) is 8. The molecule has 1 radical (unpaired) electrons. The first-order valence-electron chi connectivity index (χ1n) is 16.2. The molecule has 8 nitrogen and oxygen atoms in total. The third kappa shape index (κ3) is 12.2. The van der Waals surface area contributed by atoms with Gasteiger partial charge in [0, 0.05) is 35.5 Å². The van der Waals surface area contributed by atoms with Crippen LogP contribution < -0.4 is 10.2 Å². The van der Waals surface area contributed by atoms with Crippen molar-refractivity contribution in [1.82, 2.24) is 0 Å². The van der Waals surface area contributed by atoms with E-state index in [4.69, 9.17) is 29.8 Å². The number of phenols is 2. The summed E-state index contributed by atoms with van der Waals surface area (Å²) in [6.45, 7) is 15.0. The zero-order valence-corrected chi connectivity index (χ0v) is 29.7. The van der Waals surface area contributed by atoms with E-state index in [0.29, 0.717) is 29.3 Å². The van der Waals surface area contributed by atoms with Crippen LogP contribution in [0.3, 0.4) is 0 Å². The number of benzene rings is 2. The van der Waals surface area contributed by atoms with Gasteiger partial charge in [-0.05, 0) is 117 Å². The predicted octanol–water partition coefficient (Wildman–Crippen LogP) is 4.98. The fourth-order valence-electron chi connectivity index (χ4n) is 6.46. The van der Waals surface area contributed by atoms with E-state index in [1.54, 1.807) is 0 Å². The smallest absolute Gasteiger partial charge is 0.550 e. The van der Waals surface area contributed by atoms with Gasteiger partial charge in [-0.3, -0.25) is 9.98 Å². The van der Waals surface area contributed by atoms with Gasteiger partial charge in [0.1, 0.15) is 11.5 Å². The van der Waals surface area contributed by atoms with Crippen LogP contribution in [-0.4, -0.2) is 46.2 Å². The number of aromatic hydroxyl groups is 2. The van der Waals surface area contributed by atoms with E-state index in [-0.39, 0.29) is 28.4 Å². The first-order valence-corrected chi connectivity index (χ1v) is 16.2. The summed E-state index contributed by atoms with van der Waals surface area (Å²) in [6, 6.07) is 8.60. The molecule has 2 aliphatic rings. The van der Waals surface area contributed by atoms with Crippen molar-refractivity contribution in [3.05, 3.63) is 57.6 Å². The monoisotopic (exact) mass is 679 g/mol. The van der Waals surface area contributed by atoms with Crippen molar-refractivity contribution in [3.63, 3.8) is 0 Å². The fourth-order valence-corrected chi connectivity index (χ4v) is 6.46. The molecule has 9 heteroatoms. The maximum absolute atomic E-state index is 10.9. The minimum absolute atomic E-state index is 0. The Morgan fingerprint density at radius 1 is 0.870 bits per heavy atom. The fraction of sp³-hybridized carbons (Fsp3) is 0.568. The summed E-state index contributed by atoms with van der Waals surface area (Å²) in [7, 11) is 0. The van der Waals surface area contributed by atoms with Crippen LogP contribution in [0.15, 0.2) is 34.3 Å². The van der Waals surface area contributed by atoms with E-state index in [0.717, 1.165) is 81.0 Å². The molecule has 2 bridgehead atoms. The van der Waals surface area contributed by atoms with Gasteiger partial charge in [-0.15, -0.1) is 0 Å². The Morgan fingerprint density at radius 2 is 1.30 bits per heavy atom. The van der Waals surface area contributed by atoms with Gasteiger partial charge in [0.05, 0.1) is 11.6 Å². The molecule has 2 aliphatic carbocycles.